The normalized spacial score (nSPS) is 12.1. The minimum atomic E-state index is -0.338. The lowest BCUT2D eigenvalue weighted by Gasteiger charge is -2.15. The topological polar surface area (TPSA) is 64.0 Å². The third-order valence-electron chi connectivity index (χ3n) is 5.30. The Morgan fingerprint density at radius 2 is 2.00 bits per heavy atom. The van der Waals surface area contributed by atoms with Crippen LogP contribution in [-0.2, 0) is 11.2 Å². The molecule has 1 atom stereocenters. The highest BCUT2D eigenvalue weighted by Gasteiger charge is 2.17. The van der Waals surface area contributed by atoms with Crippen LogP contribution >= 0.6 is 23.1 Å². The number of fused-ring (bicyclic) bond motifs is 1. The van der Waals surface area contributed by atoms with Gasteiger partial charge in [0.15, 0.2) is 5.16 Å². The Hall–Kier alpha value is -2.97. The van der Waals surface area contributed by atoms with E-state index in [1.54, 1.807) is 25.1 Å². The van der Waals surface area contributed by atoms with Crippen LogP contribution in [0.1, 0.15) is 24.5 Å². The van der Waals surface area contributed by atoms with E-state index in [9.17, 15) is 14.0 Å². The number of amides is 1. The van der Waals surface area contributed by atoms with Gasteiger partial charge in [0.2, 0.25) is 5.91 Å². The minimum Gasteiger partial charge on any atom is -0.353 e. The molecule has 33 heavy (non-hydrogen) atoms. The average Bonchev–Trinajstić information content (AvgIpc) is 3.28. The predicted octanol–water partition coefficient (Wildman–Crippen LogP) is 5.12. The standard InChI is InChI=1S/C25H24FN3O2S2/c1-16-14-19(10-11-20(16)26)29-24(31)23-21(12-13-32-23)28-25(29)33-15-22(30)27-17(2)8-9-18-6-4-3-5-7-18/h3-7,10-14,17H,8-9,15H2,1-2H3,(H,27,30)/t17-/m1/s1. The van der Waals surface area contributed by atoms with Gasteiger partial charge in [0.25, 0.3) is 5.56 Å². The number of aryl methyl sites for hydroxylation is 2. The molecule has 0 aliphatic heterocycles. The van der Waals surface area contributed by atoms with E-state index < -0.39 is 0 Å². The lowest BCUT2D eigenvalue weighted by atomic mass is 10.1. The number of hydrogen-bond donors (Lipinski definition) is 1. The number of nitrogens with zero attached hydrogens (tertiary/aromatic N) is 2. The molecule has 0 fully saturated rings. The molecule has 0 unspecified atom stereocenters. The van der Waals surface area contributed by atoms with Crippen molar-refractivity contribution in [2.24, 2.45) is 0 Å². The van der Waals surface area contributed by atoms with Crippen LogP contribution in [0.4, 0.5) is 4.39 Å². The summed E-state index contributed by atoms with van der Waals surface area (Å²) in [5.41, 5.74) is 2.58. The van der Waals surface area contributed by atoms with Gasteiger partial charge in [-0.05, 0) is 67.5 Å². The molecular weight excluding hydrogens is 457 g/mol. The molecule has 0 radical (unpaired) electrons. The third-order valence-corrected chi connectivity index (χ3v) is 7.13. The Kier molecular flexibility index (Phi) is 7.25. The number of carbonyl (C=O) groups excluding carboxylic acids is 1. The highest BCUT2D eigenvalue weighted by atomic mass is 32.2. The molecular formula is C25H24FN3O2S2. The average molecular weight is 482 g/mol. The molecule has 0 bridgehead atoms. The van der Waals surface area contributed by atoms with Crippen molar-refractivity contribution >= 4 is 39.2 Å². The largest absolute Gasteiger partial charge is 0.353 e. The first-order valence-corrected chi connectivity index (χ1v) is 12.5. The maximum Gasteiger partial charge on any atom is 0.276 e. The molecule has 0 aliphatic carbocycles. The molecule has 4 rings (SSSR count). The first-order chi connectivity index (χ1) is 15.9. The Balaban J connectivity index is 1.49. The van der Waals surface area contributed by atoms with Gasteiger partial charge in [-0.1, -0.05) is 42.1 Å². The summed E-state index contributed by atoms with van der Waals surface area (Å²) in [6, 6.07) is 16.5. The van der Waals surface area contributed by atoms with E-state index in [4.69, 9.17) is 0 Å². The summed E-state index contributed by atoms with van der Waals surface area (Å²) in [6.45, 7) is 3.64. The number of nitrogens with one attached hydrogen (secondary N) is 1. The van der Waals surface area contributed by atoms with Crippen molar-refractivity contribution in [3.05, 3.63) is 87.3 Å². The van der Waals surface area contributed by atoms with Crippen LogP contribution in [0, 0.1) is 12.7 Å². The number of aromatic nitrogens is 2. The number of thioether (sulfide) groups is 1. The SMILES string of the molecule is Cc1cc(-n2c(SCC(=O)N[C@H](C)CCc3ccccc3)nc3ccsc3c2=O)ccc1F. The quantitative estimate of drug-likeness (QED) is 0.280. The fraction of sp³-hybridized carbons (Fsp3) is 0.240. The Labute approximate surface area is 199 Å². The summed E-state index contributed by atoms with van der Waals surface area (Å²) in [6.07, 6.45) is 1.72. The Morgan fingerprint density at radius 3 is 2.76 bits per heavy atom. The van der Waals surface area contributed by atoms with Gasteiger partial charge in [0.1, 0.15) is 10.5 Å². The zero-order chi connectivity index (χ0) is 23.4. The summed E-state index contributed by atoms with van der Waals surface area (Å²) >= 11 is 2.52. The van der Waals surface area contributed by atoms with Crippen molar-refractivity contribution in [2.45, 2.75) is 37.9 Å². The maximum absolute atomic E-state index is 13.8. The van der Waals surface area contributed by atoms with Gasteiger partial charge < -0.3 is 5.32 Å². The smallest absolute Gasteiger partial charge is 0.276 e. The number of halogens is 1. The van der Waals surface area contributed by atoms with Crippen LogP contribution in [0.5, 0.6) is 0 Å². The number of hydrogen-bond acceptors (Lipinski definition) is 5. The minimum absolute atomic E-state index is 0.0209. The van der Waals surface area contributed by atoms with E-state index in [0.717, 1.165) is 12.8 Å². The van der Waals surface area contributed by atoms with Gasteiger partial charge in [-0.15, -0.1) is 11.3 Å². The fourth-order valence-corrected chi connectivity index (χ4v) is 5.11. The summed E-state index contributed by atoms with van der Waals surface area (Å²) < 4.78 is 15.8. The van der Waals surface area contributed by atoms with E-state index in [1.165, 1.54) is 39.3 Å². The van der Waals surface area contributed by atoms with Crippen LogP contribution < -0.4 is 10.9 Å². The van der Waals surface area contributed by atoms with Crippen LogP contribution in [0.3, 0.4) is 0 Å². The molecule has 1 N–H and O–H groups in total. The summed E-state index contributed by atoms with van der Waals surface area (Å²) in [5, 5.41) is 5.24. The zero-order valence-electron chi connectivity index (χ0n) is 18.4. The highest BCUT2D eigenvalue weighted by molar-refractivity contribution is 7.99. The van der Waals surface area contributed by atoms with Gasteiger partial charge in [0.05, 0.1) is 17.0 Å². The van der Waals surface area contributed by atoms with Crippen molar-refractivity contribution < 1.29 is 9.18 Å². The summed E-state index contributed by atoms with van der Waals surface area (Å²) in [7, 11) is 0. The van der Waals surface area contributed by atoms with Crippen LogP contribution in [0.15, 0.2) is 69.9 Å². The van der Waals surface area contributed by atoms with Gasteiger partial charge in [-0.2, -0.15) is 0 Å². The third kappa shape index (κ3) is 5.51. The molecule has 1 amide bonds. The van der Waals surface area contributed by atoms with Crippen molar-refractivity contribution in [1.29, 1.82) is 0 Å². The van der Waals surface area contributed by atoms with Gasteiger partial charge in [0, 0.05) is 6.04 Å². The van der Waals surface area contributed by atoms with E-state index >= 15 is 0 Å². The maximum atomic E-state index is 13.8. The molecule has 0 aliphatic rings. The highest BCUT2D eigenvalue weighted by Crippen LogP contribution is 2.24. The molecule has 8 heteroatoms. The van der Waals surface area contributed by atoms with Gasteiger partial charge in [-0.25, -0.2) is 9.37 Å². The number of carbonyl (C=O) groups is 1. The van der Waals surface area contributed by atoms with Crippen molar-refractivity contribution in [1.82, 2.24) is 14.9 Å². The second kappa shape index (κ2) is 10.3. The molecule has 2 heterocycles. The molecule has 0 saturated carbocycles. The number of thiophene rings is 1. The van der Waals surface area contributed by atoms with E-state index in [2.05, 4.69) is 22.4 Å². The lowest BCUT2D eigenvalue weighted by molar-refractivity contribution is -0.119. The van der Waals surface area contributed by atoms with Gasteiger partial charge in [-0.3, -0.25) is 14.2 Å². The summed E-state index contributed by atoms with van der Waals surface area (Å²) in [5.74, 6) is -0.338. The van der Waals surface area contributed by atoms with Crippen molar-refractivity contribution in [3.63, 3.8) is 0 Å². The molecule has 5 nitrogen and oxygen atoms in total. The Morgan fingerprint density at radius 1 is 1.21 bits per heavy atom. The molecule has 170 valence electrons. The van der Waals surface area contributed by atoms with Crippen LogP contribution in [0.25, 0.3) is 15.9 Å². The van der Waals surface area contributed by atoms with E-state index in [1.807, 2.05) is 30.5 Å². The van der Waals surface area contributed by atoms with Crippen LogP contribution in [-0.4, -0.2) is 27.3 Å². The lowest BCUT2D eigenvalue weighted by Crippen LogP contribution is -2.34. The molecule has 2 aromatic heterocycles. The first-order valence-electron chi connectivity index (χ1n) is 10.6. The molecule has 0 spiro atoms. The van der Waals surface area contributed by atoms with E-state index in [-0.39, 0.29) is 29.1 Å². The monoisotopic (exact) mass is 481 g/mol. The number of benzene rings is 2. The molecule has 2 aromatic carbocycles. The predicted molar refractivity (Wildman–Crippen MR) is 133 cm³/mol. The van der Waals surface area contributed by atoms with E-state index in [0.29, 0.717) is 26.6 Å². The first kappa shape index (κ1) is 23.2. The fourth-order valence-electron chi connectivity index (χ4n) is 3.53. The molecule has 4 aromatic rings. The van der Waals surface area contributed by atoms with Crippen molar-refractivity contribution in [3.8, 4) is 5.69 Å². The van der Waals surface area contributed by atoms with Crippen LogP contribution in [0.2, 0.25) is 0 Å². The van der Waals surface area contributed by atoms with Gasteiger partial charge >= 0.3 is 0 Å². The van der Waals surface area contributed by atoms with Crippen molar-refractivity contribution in [2.75, 3.05) is 5.75 Å². The zero-order valence-corrected chi connectivity index (χ0v) is 20.0. The summed E-state index contributed by atoms with van der Waals surface area (Å²) in [4.78, 5) is 30.4. The second-order valence-electron chi connectivity index (χ2n) is 7.88. The molecule has 0 saturated heterocycles. The Bertz CT molecular complexity index is 1330. The second-order valence-corrected chi connectivity index (χ2v) is 9.74. The number of rotatable bonds is 8.